The number of nitrogens with one attached hydrogen (secondary N) is 1. The molecule has 0 aliphatic carbocycles. The highest BCUT2D eigenvalue weighted by atomic mass is 32.2. The van der Waals surface area contributed by atoms with E-state index in [9.17, 15) is 4.79 Å². The van der Waals surface area contributed by atoms with Crippen LogP contribution in [0.1, 0.15) is 5.56 Å². The van der Waals surface area contributed by atoms with E-state index in [0.717, 1.165) is 17.0 Å². The largest absolute Gasteiger partial charge is 0.272 e. The second kappa shape index (κ2) is 9.91. The summed E-state index contributed by atoms with van der Waals surface area (Å²) in [7, 11) is 0. The molecule has 0 aliphatic heterocycles. The standard InChI is InChI=1S/C17H19N5OS2/c1-13-3-5-14(6-4-13)15-7-8-16(23)22(21-15)12-25-10-9-19-17(24-2)20-11-18/h3-8H,9-10,12H2,1-2H3,(H,19,20). The Bertz CT molecular complexity index is 824. The number of hydrogen-bond acceptors (Lipinski definition) is 6. The number of benzene rings is 1. The van der Waals surface area contributed by atoms with E-state index in [2.05, 4.69) is 15.4 Å². The predicted molar refractivity (Wildman–Crippen MR) is 106 cm³/mol. The van der Waals surface area contributed by atoms with Crippen LogP contribution in [-0.2, 0) is 5.88 Å². The molecule has 25 heavy (non-hydrogen) atoms. The Morgan fingerprint density at radius 3 is 2.76 bits per heavy atom. The molecule has 1 heterocycles. The van der Waals surface area contributed by atoms with E-state index in [1.165, 1.54) is 22.0 Å². The molecule has 2 rings (SSSR count). The number of aryl methyl sites for hydroxylation is 1. The smallest absolute Gasteiger partial charge is 0.267 e. The fourth-order valence-electron chi connectivity index (χ4n) is 1.99. The summed E-state index contributed by atoms with van der Waals surface area (Å²) < 4.78 is 1.46. The molecule has 0 atom stereocenters. The van der Waals surface area contributed by atoms with Crippen molar-refractivity contribution >= 4 is 28.7 Å². The third-order valence-electron chi connectivity index (χ3n) is 3.27. The minimum atomic E-state index is -0.122. The van der Waals surface area contributed by atoms with Crippen LogP contribution in [0.25, 0.3) is 11.3 Å². The van der Waals surface area contributed by atoms with Gasteiger partial charge in [0, 0.05) is 17.4 Å². The van der Waals surface area contributed by atoms with Gasteiger partial charge in [-0.15, -0.1) is 11.8 Å². The highest BCUT2D eigenvalue weighted by Crippen LogP contribution is 2.16. The minimum Gasteiger partial charge on any atom is -0.272 e. The van der Waals surface area contributed by atoms with Gasteiger partial charge in [0.15, 0.2) is 11.4 Å². The number of hydrogen-bond donors (Lipinski definition) is 1. The monoisotopic (exact) mass is 373 g/mol. The zero-order valence-electron chi connectivity index (χ0n) is 14.1. The summed E-state index contributed by atoms with van der Waals surface area (Å²) in [6.45, 7) is 2.60. The Labute approximate surface area is 155 Å². The normalized spacial score (nSPS) is 11.2. The van der Waals surface area contributed by atoms with Gasteiger partial charge in [-0.3, -0.25) is 15.1 Å². The number of nitrogens with zero attached hydrogens (tertiary/aromatic N) is 4. The fraction of sp³-hybridized carbons (Fsp3) is 0.294. The summed E-state index contributed by atoms with van der Waals surface area (Å²) in [5, 5.41) is 16.1. The molecule has 0 saturated carbocycles. The second-order valence-electron chi connectivity index (χ2n) is 5.09. The van der Waals surface area contributed by atoms with Crippen molar-refractivity contribution in [2.24, 2.45) is 4.99 Å². The van der Waals surface area contributed by atoms with Gasteiger partial charge in [-0.2, -0.15) is 10.4 Å². The SMILES string of the molecule is CSC(=NCCSCn1nc(-c2ccc(C)cc2)ccc1=O)NC#N. The lowest BCUT2D eigenvalue weighted by Gasteiger charge is -2.07. The zero-order chi connectivity index (χ0) is 18.1. The summed E-state index contributed by atoms with van der Waals surface area (Å²) in [5.74, 6) is 1.20. The average Bonchev–Trinajstić information content (AvgIpc) is 2.62. The maximum Gasteiger partial charge on any atom is 0.267 e. The number of aromatic nitrogens is 2. The van der Waals surface area contributed by atoms with Crippen molar-refractivity contribution in [3.05, 3.63) is 52.3 Å². The van der Waals surface area contributed by atoms with Gasteiger partial charge in [0.25, 0.3) is 5.56 Å². The maximum atomic E-state index is 12.0. The summed E-state index contributed by atoms with van der Waals surface area (Å²) in [6.07, 6.45) is 3.71. The third-order valence-corrected chi connectivity index (χ3v) is 4.79. The van der Waals surface area contributed by atoms with Gasteiger partial charge in [0.05, 0.1) is 18.1 Å². The fourth-order valence-corrected chi connectivity index (χ4v) is 3.06. The van der Waals surface area contributed by atoms with Crippen molar-refractivity contribution in [3.8, 4) is 17.5 Å². The Balaban J connectivity index is 1.96. The van der Waals surface area contributed by atoms with Crippen molar-refractivity contribution in [1.29, 1.82) is 5.26 Å². The predicted octanol–water partition coefficient (Wildman–Crippen LogP) is 2.70. The van der Waals surface area contributed by atoms with Crippen LogP contribution in [-0.4, -0.2) is 33.5 Å². The van der Waals surface area contributed by atoms with Crippen LogP contribution in [0.15, 0.2) is 46.2 Å². The Kier molecular flexibility index (Phi) is 7.57. The van der Waals surface area contributed by atoms with E-state index < -0.39 is 0 Å². The molecule has 0 radical (unpaired) electrons. The molecule has 0 aliphatic rings. The quantitative estimate of drug-likeness (QED) is 0.276. The lowest BCUT2D eigenvalue weighted by Crippen LogP contribution is -2.21. The van der Waals surface area contributed by atoms with Crippen molar-refractivity contribution in [2.75, 3.05) is 18.6 Å². The van der Waals surface area contributed by atoms with Crippen LogP contribution in [0.2, 0.25) is 0 Å². The lowest BCUT2D eigenvalue weighted by atomic mass is 10.1. The van der Waals surface area contributed by atoms with Crippen molar-refractivity contribution in [2.45, 2.75) is 12.8 Å². The zero-order valence-corrected chi connectivity index (χ0v) is 15.7. The van der Waals surface area contributed by atoms with Crippen molar-refractivity contribution in [1.82, 2.24) is 15.1 Å². The van der Waals surface area contributed by atoms with Crippen LogP contribution < -0.4 is 10.9 Å². The molecule has 130 valence electrons. The molecule has 0 unspecified atom stereocenters. The first kappa shape index (κ1) is 19.1. The van der Waals surface area contributed by atoms with Gasteiger partial charge in [-0.05, 0) is 19.2 Å². The van der Waals surface area contributed by atoms with Gasteiger partial charge in [0.2, 0.25) is 0 Å². The Morgan fingerprint density at radius 1 is 1.32 bits per heavy atom. The van der Waals surface area contributed by atoms with E-state index in [1.807, 2.05) is 43.6 Å². The topological polar surface area (TPSA) is 83.1 Å². The molecule has 1 N–H and O–H groups in total. The molecule has 0 bridgehead atoms. The molecular weight excluding hydrogens is 354 g/mol. The lowest BCUT2D eigenvalue weighted by molar-refractivity contribution is 0.697. The maximum absolute atomic E-state index is 12.0. The highest BCUT2D eigenvalue weighted by Gasteiger charge is 2.03. The van der Waals surface area contributed by atoms with Crippen molar-refractivity contribution < 1.29 is 0 Å². The molecule has 1 aromatic heterocycles. The van der Waals surface area contributed by atoms with E-state index in [0.29, 0.717) is 17.6 Å². The number of rotatable bonds is 6. The second-order valence-corrected chi connectivity index (χ2v) is 6.96. The summed E-state index contributed by atoms with van der Waals surface area (Å²) >= 11 is 2.96. The number of aliphatic imine (C=N–C) groups is 1. The van der Waals surface area contributed by atoms with Crippen LogP contribution in [0.3, 0.4) is 0 Å². The summed E-state index contributed by atoms with van der Waals surface area (Å²) in [5.41, 5.74) is 2.83. The molecule has 2 aromatic rings. The third kappa shape index (κ3) is 5.96. The first-order chi connectivity index (χ1) is 12.1. The Hall–Kier alpha value is -2.24. The van der Waals surface area contributed by atoms with Crippen LogP contribution in [0.4, 0.5) is 0 Å². The van der Waals surface area contributed by atoms with E-state index in [1.54, 1.807) is 23.9 Å². The van der Waals surface area contributed by atoms with Gasteiger partial charge in [-0.25, -0.2) is 4.68 Å². The molecule has 8 heteroatoms. The first-order valence-corrected chi connectivity index (χ1v) is 9.98. The molecule has 1 aromatic carbocycles. The number of thioether (sulfide) groups is 2. The summed E-state index contributed by atoms with van der Waals surface area (Å²) in [4.78, 5) is 16.2. The van der Waals surface area contributed by atoms with Crippen LogP contribution in [0, 0.1) is 18.4 Å². The van der Waals surface area contributed by atoms with E-state index >= 15 is 0 Å². The number of amidine groups is 1. The van der Waals surface area contributed by atoms with Gasteiger partial charge >= 0.3 is 0 Å². The van der Waals surface area contributed by atoms with Gasteiger partial charge in [0.1, 0.15) is 0 Å². The van der Waals surface area contributed by atoms with Crippen LogP contribution >= 0.6 is 23.5 Å². The molecule has 0 amide bonds. The molecule has 0 spiro atoms. The van der Waals surface area contributed by atoms with E-state index in [4.69, 9.17) is 5.26 Å². The van der Waals surface area contributed by atoms with Gasteiger partial charge in [-0.1, -0.05) is 41.6 Å². The van der Waals surface area contributed by atoms with Crippen LogP contribution in [0.5, 0.6) is 0 Å². The molecular formula is C17H19N5OS2. The molecule has 0 fully saturated rings. The number of nitriles is 1. The van der Waals surface area contributed by atoms with Gasteiger partial charge < -0.3 is 0 Å². The highest BCUT2D eigenvalue weighted by molar-refractivity contribution is 8.13. The molecule has 0 saturated heterocycles. The minimum absolute atomic E-state index is 0.122. The van der Waals surface area contributed by atoms with Crippen molar-refractivity contribution in [3.63, 3.8) is 0 Å². The average molecular weight is 374 g/mol. The first-order valence-electron chi connectivity index (χ1n) is 7.60. The van der Waals surface area contributed by atoms with E-state index in [-0.39, 0.29) is 5.56 Å². The molecule has 6 nitrogen and oxygen atoms in total. The Morgan fingerprint density at radius 2 is 2.08 bits per heavy atom. The summed E-state index contributed by atoms with van der Waals surface area (Å²) in [6, 6.07) is 11.3.